The van der Waals surface area contributed by atoms with Gasteiger partial charge in [-0.15, -0.1) is 0 Å². The summed E-state index contributed by atoms with van der Waals surface area (Å²) in [6.45, 7) is 6.79. The van der Waals surface area contributed by atoms with Crippen molar-refractivity contribution in [2.24, 2.45) is 5.41 Å². The van der Waals surface area contributed by atoms with E-state index in [0.717, 1.165) is 11.1 Å². The Balaban J connectivity index is 0.000000254. The van der Waals surface area contributed by atoms with E-state index in [0.29, 0.717) is 11.8 Å². The number of carbonyl (C=O) groups excluding carboxylic acids is 1. The molecule has 132 valence electrons. The Morgan fingerprint density at radius 3 is 1.88 bits per heavy atom. The van der Waals surface area contributed by atoms with Crippen molar-refractivity contribution in [3.8, 4) is 0 Å². The van der Waals surface area contributed by atoms with Crippen LogP contribution in [0.3, 0.4) is 0 Å². The minimum absolute atomic E-state index is 0. The van der Waals surface area contributed by atoms with Gasteiger partial charge in [-0.25, -0.2) is 24.3 Å². The van der Waals surface area contributed by atoms with Crippen LogP contribution < -0.4 is 0 Å². The van der Waals surface area contributed by atoms with Gasteiger partial charge < -0.3 is 4.79 Å². The second-order valence-corrected chi connectivity index (χ2v) is 7.29. The van der Waals surface area contributed by atoms with Crippen LogP contribution in [0.2, 0.25) is 0 Å². The number of rotatable bonds is 4. The van der Waals surface area contributed by atoms with Crippen molar-refractivity contribution in [3.63, 3.8) is 0 Å². The number of ketones is 1. The van der Waals surface area contributed by atoms with Gasteiger partial charge in [0.15, 0.2) is 0 Å². The van der Waals surface area contributed by atoms with Gasteiger partial charge in [-0.05, 0) is 11.0 Å². The summed E-state index contributed by atoms with van der Waals surface area (Å²) in [7, 11) is 0. The molecule has 0 bridgehead atoms. The molecule has 0 saturated heterocycles. The van der Waals surface area contributed by atoms with E-state index >= 15 is 0 Å². The fraction of sp³-hybridized carbons (Fsp3) is 0.261. The second-order valence-electron chi connectivity index (χ2n) is 7.29. The van der Waals surface area contributed by atoms with Crippen molar-refractivity contribution in [1.82, 2.24) is 0 Å². The Kier molecular flexibility index (Phi) is 8.61. The first-order valence-corrected chi connectivity index (χ1v) is 8.43. The Labute approximate surface area is 162 Å². The topological polar surface area (TPSA) is 17.1 Å². The third-order valence-corrected chi connectivity index (χ3v) is 3.66. The number of hydrogen-bond acceptors (Lipinski definition) is 1. The standard InChI is InChI=1S/C13H11O.C10H15.Fe/c14-13(12-8-4-5-9-12)10-11-6-2-1-3-7-11;1-10(2,3)8-9-6-4-5-7-9;/h1-9H,10H2;4-7H,8H2,1-3H3;/q2*-1;+2. The van der Waals surface area contributed by atoms with Crippen molar-refractivity contribution >= 4 is 5.78 Å². The van der Waals surface area contributed by atoms with Gasteiger partial charge in [-0.2, -0.15) is 29.8 Å². The first-order valence-electron chi connectivity index (χ1n) is 8.43. The van der Waals surface area contributed by atoms with Gasteiger partial charge in [-0.1, -0.05) is 63.1 Å². The molecule has 0 fully saturated rings. The van der Waals surface area contributed by atoms with Crippen molar-refractivity contribution in [3.05, 3.63) is 95.6 Å². The van der Waals surface area contributed by atoms with E-state index < -0.39 is 0 Å². The molecule has 3 rings (SSSR count). The van der Waals surface area contributed by atoms with Crippen LogP contribution in [0.5, 0.6) is 0 Å². The Hall–Kier alpha value is -1.89. The summed E-state index contributed by atoms with van der Waals surface area (Å²) in [6.07, 6.45) is 1.67. The van der Waals surface area contributed by atoms with Gasteiger partial charge in [0.25, 0.3) is 0 Å². The molecule has 0 heterocycles. The maximum Gasteiger partial charge on any atom is 2.00 e. The third kappa shape index (κ3) is 8.16. The summed E-state index contributed by atoms with van der Waals surface area (Å²) in [5.41, 5.74) is 3.74. The van der Waals surface area contributed by atoms with Crippen LogP contribution in [-0.2, 0) is 29.9 Å². The largest absolute Gasteiger partial charge is 2.00 e. The first-order chi connectivity index (χ1) is 11.4. The quantitative estimate of drug-likeness (QED) is 0.319. The van der Waals surface area contributed by atoms with Crippen molar-refractivity contribution in [1.29, 1.82) is 0 Å². The molecule has 3 aromatic rings. The Morgan fingerprint density at radius 1 is 0.840 bits per heavy atom. The molecule has 25 heavy (non-hydrogen) atoms. The summed E-state index contributed by atoms with van der Waals surface area (Å²) in [6, 6.07) is 25.9. The van der Waals surface area contributed by atoms with Crippen molar-refractivity contribution < 1.29 is 21.9 Å². The fourth-order valence-corrected chi connectivity index (χ4v) is 2.59. The molecule has 0 N–H and O–H groups in total. The molecule has 2 heteroatoms. The van der Waals surface area contributed by atoms with Crippen LogP contribution in [-0.4, -0.2) is 5.78 Å². The average molecular weight is 374 g/mol. The molecule has 0 radical (unpaired) electrons. The summed E-state index contributed by atoms with van der Waals surface area (Å²) < 4.78 is 0. The van der Waals surface area contributed by atoms with Crippen LogP contribution in [0, 0.1) is 5.41 Å². The van der Waals surface area contributed by atoms with Gasteiger partial charge in [0.05, 0.1) is 0 Å². The van der Waals surface area contributed by atoms with Crippen molar-refractivity contribution in [2.45, 2.75) is 33.6 Å². The number of hydrogen-bond donors (Lipinski definition) is 0. The van der Waals surface area contributed by atoms with E-state index in [4.69, 9.17) is 0 Å². The minimum atomic E-state index is 0. The van der Waals surface area contributed by atoms with Gasteiger partial charge >= 0.3 is 17.1 Å². The summed E-state index contributed by atoms with van der Waals surface area (Å²) in [5.74, 6) is 0.182. The molecule has 0 unspecified atom stereocenters. The second kappa shape index (κ2) is 10.2. The molecule has 0 saturated carbocycles. The van der Waals surface area contributed by atoms with E-state index in [2.05, 4.69) is 45.0 Å². The average Bonchev–Trinajstić information content (AvgIpc) is 3.20. The molecular formula is C23H26FeO. The first kappa shape index (κ1) is 21.2. The molecule has 0 atom stereocenters. The van der Waals surface area contributed by atoms with Gasteiger partial charge in [0.2, 0.25) is 0 Å². The monoisotopic (exact) mass is 374 g/mol. The molecule has 0 aliphatic carbocycles. The predicted octanol–water partition coefficient (Wildman–Crippen LogP) is 5.82. The van der Waals surface area contributed by atoms with Gasteiger partial charge in [-0.3, -0.25) is 0 Å². The molecule has 0 aliphatic heterocycles. The predicted molar refractivity (Wildman–Crippen MR) is 102 cm³/mol. The summed E-state index contributed by atoms with van der Waals surface area (Å²) >= 11 is 0. The zero-order valence-electron chi connectivity index (χ0n) is 15.2. The maximum atomic E-state index is 11.7. The van der Waals surface area contributed by atoms with Crippen LogP contribution in [0.15, 0.2) is 78.9 Å². The van der Waals surface area contributed by atoms with E-state index in [1.165, 1.54) is 12.0 Å². The zero-order valence-corrected chi connectivity index (χ0v) is 16.3. The molecule has 0 spiro atoms. The number of Topliss-reactive ketones (excluding diaryl/α,β-unsaturated/α-hetero) is 1. The molecule has 0 amide bonds. The molecule has 0 aromatic heterocycles. The maximum absolute atomic E-state index is 11.7. The minimum Gasteiger partial charge on any atom is -0.308 e. The van der Waals surface area contributed by atoms with Gasteiger partial charge in [0.1, 0.15) is 5.78 Å². The summed E-state index contributed by atoms with van der Waals surface area (Å²) in [4.78, 5) is 11.7. The summed E-state index contributed by atoms with van der Waals surface area (Å²) in [5, 5.41) is 0. The van der Waals surface area contributed by atoms with E-state index in [1.54, 1.807) is 0 Å². The normalized spacial score (nSPS) is 10.4. The van der Waals surface area contributed by atoms with Crippen LogP contribution >= 0.6 is 0 Å². The van der Waals surface area contributed by atoms with Crippen LogP contribution in [0.4, 0.5) is 0 Å². The Morgan fingerprint density at radius 2 is 1.36 bits per heavy atom. The fourth-order valence-electron chi connectivity index (χ4n) is 2.59. The third-order valence-electron chi connectivity index (χ3n) is 3.66. The smallest absolute Gasteiger partial charge is 0.308 e. The van der Waals surface area contributed by atoms with Crippen LogP contribution in [0.1, 0.15) is 42.3 Å². The zero-order chi connectivity index (χ0) is 17.4. The molecule has 3 aromatic carbocycles. The van der Waals surface area contributed by atoms with Crippen LogP contribution in [0.25, 0.3) is 0 Å². The van der Waals surface area contributed by atoms with Gasteiger partial charge in [0, 0.05) is 6.42 Å². The SMILES string of the molecule is CC(C)(C)C[c-]1cccc1.O=C(Cc1ccccc1)[c-]1cccc1.[Fe+2]. The van der Waals surface area contributed by atoms with E-state index in [-0.39, 0.29) is 22.9 Å². The number of carbonyl (C=O) groups is 1. The molecular weight excluding hydrogens is 348 g/mol. The van der Waals surface area contributed by atoms with E-state index in [9.17, 15) is 4.79 Å². The number of benzene rings is 1. The molecule has 0 aliphatic rings. The van der Waals surface area contributed by atoms with Crippen molar-refractivity contribution in [2.75, 3.05) is 0 Å². The van der Waals surface area contributed by atoms with E-state index in [1.807, 2.05) is 54.6 Å². The Bertz CT molecular complexity index is 701. The molecule has 1 nitrogen and oxygen atoms in total.